The molecule has 0 aliphatic carbocycles. The Morgan fingerprint density at radius 1 is 1.25 bits per heavy atom. The molecule has 128 valence electrons. The summed E-state index contributed by atoms with van der Waals surface area (Å²) >= 11 is 0. The van der Waals surface area contributed by atoms with Gasteiger partial charge in [0.05, 0.1) is 24.3 Å². The number of aromatic nitrogens is 1. The van der Waals surface area contributed by atoms with E-state index in [0.29, 0.717) is 35.8 Å². The minimum absolute atomic E-state index is 0.0101. The van der Waals surface area contributed by atoms with Gasteiger partial charge in [0.25, 0.3) is 0 Å². The molecule has 0 bridgehead atoms. The number of ether oxygens (including phenoxy) is 1. The first-order valence-corrected chi connectivity index (χ1v) is 7.91. The van der Waals surface area contributed by atoms with E-state index in [-0.39, 0.29) is 17.9 Å². The van der Waals surface area contributed by atoms with Crippen molar-refractivity contribution in [3.05, 3.63) is 47.3 Å². The molecule has 1 aromatic heterocycles. The molecule has 2 aromatic rings. The Bertz CT molecular complexity index is 749. The lowest BCUT2D eigenvalue weighted by Gasteiger charge is -2.12. The standard InChI is InChI=1S/C18H22N2O4/c1-4-20-11-12(3)17(18(22)23)14(20)10-16(21)19-13-8-6-7-9-15(13)24-5-2/h6-9,11H,4-5,10H2,1-3H3,(H,19,21)(H,22,23). The van der Waals surface area contributed by atoms with Crippen LogP contribution in [0.1, 0.15) is 35.5 Å². The first-order valence-electron chi connectivity index (χ1n) is 7.91. The van der Waals surface area contributed by atoms with Crippen molar-refractivity contribution in [3.8, 4) is 5.75 Å². The van der Waals surface area contributed by atoms with Gasteiger partial charge in [-0.2, -0.15) is 0 Å². The van der Waals surface area contributed by atoms with Crippen LogP contribution in [-0.4, -0.2) is 28.2 Å². The van der Waals surface area contributed by atoms with Gasteiger partial charge in [0.2, 0.25) is 5.91 Å². The van der Waals surface area contributed by atoms with Gasteiger partial charge in [0.1, 0.15) is 5.75 Å². The average Bonchev–Trinajstić information content (AvgIpc) is 2.85. The summed E-state index contributed by atoms with van der Waals surface area (Å²) in [5.41, 5.74) is 1.94. The molecule has 6 nitrogen and oxygen atoms in total. The van der Waals surface area contributed by atoms with Gasteiger partial charge in [-0.05, 0) is 38.5 Å². The number of anilines is 1. The van der Waals surface area contributed by atoms with E-state index in [1.807, 2.05) is 19.9 Å². The monoisotopic (exact) mass is 330 g/mol. The molecule has 0 saturated carbocycles. The summed E-state index contributed by atoms with van der Waals surface area (Å²) in [6.45, 7) is 6.62. The molecule has 0 spiro atoms. The maximum absolute atomic E-state index is 12.4. The fourth-order valence-corrected chi connectivity index (χ4v) is 2.71. The van der Waals surface area contributed by atoms with E-state index in [9.17, 15) is 14.7 Å². The molecule has 0 unspecified atom stereocenters. The Morgan fingerprint density at radius 3 is 2.58 bits per heavy atom. The number of aryl methyl sites for hydroxylation is 2. The highest BCUT2D eigenvalue weighted by atomic mass is 16.5. The van der Waals surface area contributed by atoms with Crippen LogP contribution in [0.25, 0.3) is 0 Å². The smallest absolute Gasteiger partial charge is 0.337 e. The van der Waals surface area contributed by atoms with Gasteiger partial charge in [-0.15, -0.1) is 0 Å². The largest absolute Gasteiger partial charge is 0.492 e. The quantitative estimate of drug-likeness (QED) is 0.817. The van der Waals surface area contributed by atoms with Gasteiger partial charge in [-0.1, -0.05) is 12.1 Å². The number of carboxylic acids is 1. The summed E-state index contributed by atoms with van der Waals surface area (Å²) in [6, 6.07) is 7.17. The fourth-order valence-electron chi connectivity index (χ4n) is 2.71. The number of rotatable bonds is 7. The molecule has 0 aliphatic heterocycles. The van der Waals surface area contributed by atoms with E-state index >= 15 is 0 Å². The van der Waals surface area contributed by atoms with Crippen LogP contribution < -0.4 is 10.1 Å². The summed E-state index contributed by atoms with van der Waals surface area (Å²) in [5.74, 6) is -0.705. The first-order chi connectivity index (χ1) is 11.5. The Hall–Kier alpha value is -2.76. The number of carbonyl (C=O) groups excluding carboxylic acids is 1. The molecule has 0 radical (unpaired) electrons. The summed E-state index contributed by atoms with van der Waals surface area (Å²) in [6.07, 6.45) is 1.75. The van der Waals surface area contributed by atoms with Crippen molar-refractivity contribution in [2.75, 3.05) is 11.9 Å². The third kappa shape index (κ3) is 3.76. The van der Waals surface area contributed by atoms with Crippen LogP contribution in [0.3, 0.4) is 0 Å². The second-order valence-corrected chi connectivity index (χ2v) is 5.38. The molecule has 0 saturated heterocycles. The number of benzene rings is 1. The predicted molar refractivity (Wildman–Crippen MR) is 91.7 cm³/mol. The maximum Gasteiger partial charge on any atom is 0.337 e. The van der Waals surface area contributed by atoms with Crippen molar-refractivity contribution >= 4 is 17.6 Å². The van der Waals surface area contributed by atoms with Gasteiger partial charge in [-0.25, -0.2) is 4.79 Å². The number of carbonyl (C=O) groups is 2. The lowest BCUT2D eigenvalue weighted by Crippen LogP contribution is -2.19. The number of carboxylic acid groups (broad SMARTS) is 1. The van der Waals surface area contributed by atoms with E-state index < -0.39 is 5.97 Å². The Balaban J connectivity index is 2.23. The molecular formula is C18H22N2O4. The van der Waals surface area contributed by atoms with E-state index in [2.05, 4.69) is 5.32 Å². The zero-order valence-corrected chi connectivity index (χ0v) is 14.1. The van der Waals surface area contributed by atoms with Crippen molar-refractivity contribution in [1.29, 1.82) is 0 Å². The van der Waals surface area contributed by atoms with Gasteiger partial charge in [-0.3, -0.25) is 4.79 Å². The Labute approximate surface area is 141 Å². The summed E-state index contributed by atoms with van der Waals surface area (Å²) in [4.78, 5) is 23.9. The lowest BCUT2D eigenvalue weighted by molar-refractivity contribution is -0.115. The minimum Gasteiger partial charge on any atom is -0.492 e. The van der Waals surface area contributed by atoms with Crippen molar-refractivity contribution in [1.82, 2.24) is 4.57 Å². The molecule has 0 aliphatic rings. The van der Waals surface area contributed by atoms with Crippen molar-refractivity contribution in [2.24, 2.45) is 0 Å². The van der Waals surface area contributed by atoms with Crippen LogP contribution in [0.15, 0.2) is 30.5 Å². The molecule has 1 aromatic carbocycles. The molecule has 1 heterocycles. The van der Waals surface area contributed by atoms with Gasteiger partial charge in [0.15, 0.2) is 0 Å². The minimum atomic E-state index is -1.02. The van der Waals surface area contributed by atoms with Gasteiger partial charge >= 0.3 is 5.97 Å². The topological polar surface area (TPSA) is 80.6 Å². The molecule has 2 N–H and O–H groups in total. The normalized spacial score (nSPS) is 10.5. The second kappa shape index (κ2) is 7.68. The molecule has 6 heteroatoms. The number of hydrogen-bond acceptors (Lipinski definition) is 3. The zero-order valence-electron chi connectivity index (χ0n) is 14.1. The molecule has 0 fully saturated rings. The highest BCUT2D eigenvalue weighted by molar-refractivity contribution is 5.97. The van der Waals surface area contributed by atoms with Crippen LogP contribution in [0.4, 0.5) is 5.69 Å². The number of nitrogens with zero attached hydrogens (tertiary/aromatic N) is 1. The number of hydrogen-bond donors (Lipinski definition) is 2. The summed E-state index contributed by atoms with van der Waals surface area (Å²) in [7, 11) is 0. The molecule has 0 atom stereocenters. The van der Waals surface area contributed by atoms with Crippen LogP contribution >= 0.6 is 0 Å². The lowest BCUT2D eigenvalue weighted by atomic mass is 10.1. The number of amides is 1. The summed E-state index contributed by atoms with van der Waals surface area (Å²) in [5, 5.41) is 12.2. The van der Waals surface area contributed by atoms with Gasteiger partial charge in [0, 0.05) is 18.4 Å². The summed E-state index contributed by atoms with van der Waals surface area (Å²) < 4.78 is 7.28. The molecular weight excluding hydrogens is 308 g/mol. The van der Waals surface area contributed by atoms with E-state index in [4.69, 9.17) is 4.74 Å². The third-order valence-electron chi connectivity index (χ3n) is 3.72. The van der Waals surface area contributed by atoms with Crippen LogP contribution in [-0.2, 0) is 17.8 Å². The molecule has 2 rings (SSSR count). The van der Waals surface area contributed by atoms with E-state index in [1.54, 1.807) is 35.9 Å². The van der Waals surface area contributed by atoms with E-state index in [1.165, 1.54) is 0 Å². The number of nitrogens with one attached hydrogen (secondary N) is 1. The third-order valence-corrected chi connectivity index (χ3v) is 3.72. The van der Waals surface area contributed by atoms with Crippen molar-refractivity contribution < 1.29 is 19.4 Å². The van der Waals surface area contributed by atoms with Crippen LogP contribution in [0.2, 0.25) is 0 Å². The SMILES string of the molecule is CCOc1ccccc1NC(=O)Cc1c(C(=O)O)c(C)cn1CC. The van der Waals surface area contributed by atoms with Gasteiger partial charge < -0.3 is 19.7 Å². The molecule has 24 heavy (non-hydrogen) atoms. The Kier molecular flexibility index (Phi) is 5.63. The first kappa shape index (κ1) is 17.6. The predicted octanol–water partition coefficient (Wildman–Crippen LogP) is 3.09. The van der Waals surface area contributed by atoms with E-state index in [0.717, 1.165) is 0 Å². The average molecular weight is 330 g/mol. The number of aromatic carboxylic acids is 1. The van der Waals surface area contributed by atoms with Crippen LogP contribution in [0, 0.1) is 6.92 Å². The second-order valence-electron chi connectivity index (χ2n) is 5.38. The van der Waals surface area contributed by atoms with Crippen molar-refractivity contribution in [2.45, 2.75) is 33.7 Å². The highest BCUT2D eigenvalue weighted by Crippen LogP contribution is 2.24. The fraction of sp³-hybridized carbons (Fsp3) is 0.333. The highest BCUT2D eigenvalue weighted by Gasteiger charge is 2.21. The molecule has 1 amide bonds. The zero-order chi connectivity index (χ0) is 17.7. The van der Waals surface area contributed by atoms with Crippen molar-refractivity contribution in [3.63, 3.8) is 0 Å². The Morgan fingerprint density at radius 2 is 1.96 bits per heavy atom. The maximum atomic E-state index is 12.4. The van der Waals surface area contributed by atoms with Crippen LogP contribution in [0.5, 0.6) is 5.75 Å². The number of para-hydroxylation sites is 2.